The van der Waals surface area contributed by atoms with Crippen molar-refractivity contribution in [3.8, 4) is 5.75 Å². The molecule has 0 unspecified atom stereocenters. The van der Waals surface area contributed by atoms with Crippen LogP contribution in [0.5, 0.6) is 5.75 Å². The lowest BCUT2D eigenvalue weighted by Gasteiger charge is -2.13. The SMILES string of the molecule is Cn1c(COc2ccc3ccccc3c2)nnc1SCCN1CCCC1. The van der Waals surface area contributed by atoms with E-state index in [0.29, 0.717) is 6.61 Å². The molecular formula is C20H24N4OS. The van der Waals surface area contributed by atoms with Gasteiger partial charge in [-0.05, 0) is 48.8 Å². The summed E-state index contributed by atoms with van der Waals surface area (Å²) in [6.45, 7) is 4.03. The van der Waals surface area contributed by atoms with Gasteiger partial charge in [-0.25, -0.2) is 0 Å². The van der Waals surface area contributed by atoms with E-state index in [1.165, 1.54) is 36.7 Å². The van der Waals surface area contributed by atoms with E-state index < -0.39 is 0 Å². The largest absolute Gasteiger partial charge is 0.486 e. The van der Waals surface area contributed by atoms with Crippen molar-refractivity contribution in [2.24, 2.45) is 7.05 Å². The minimum absolute atomic E-state index is 0.425. The molecule has 1 aliphatic rings. The number of hydrogen-bond donors (Lipinski definition) is 0. The summed E-state index contributed by atoms with van der Waals surface area (Å²) in [5.74, 6) is 2.76. The zero-order valence-corrected chi connectivity index (χ0v) is 15.9. The molecule has 136 valence electrons. The van der Waals surface area contributed by atoms with Gasteiger partial charge >= 0.3 is 0 Å². The van der Waals surface area contributed by atoms with Gasteiger partial charge in [-0.3, -0.25) is 0 Å². The first kappa shape index (κ1) is 17.4. The normalized spacial score (nSPS) is 15.0. The molecule has 0 aliphatic carbocycles. The molecule has 1 saturated heterocycles. The van der Waals surface area contributed by atoms with Gasteiger partial charge in [0.15, 0.2) is 11.0 Å². The summed E-state index contributed by atoms with van der Waals surface area (Å²) in [6.07, 6.45) is 2.68. The number of ether oxygens (including phenoxy) is 1. The van der Waals surface area contributed by atoms with Crippen LogP contribution in [0.25, 0.3) is 10.8 Å². The van der Waals surface area contributed by atoms with Crippen molar-refractivity contribution >= 4 is 22.5 Å². The lowest BCUT2D eigenvalue weighted by molar-refractivity contribution is 0.291. The van der Waals surface area contributed by atoms with E-state index in [1.54, 1.807) is 11.8 Å². The Bertz CT molecular complexity index is 873. The minimum atomic E-state index is 0.425. The van der Waals surface area contributed by atoms with Crippen LogP contribution in [0.4, 0.5) is 0 Å². The first-order chi connectivity index (χ1) is 12.8. The Morgan fingerprint density at radius 2 is 1.85 bits per heavy atom. The highest BCUT2D eigenvalue weighted by molar-refractivity contribution is 7.99. The van der Waals surface area contributed by atoms with Crippen LogP contribution >= 0.6 is 11.8 Å². The second-order valence-corrected chi connectivity index (χ2v) is 7.71. The number of likely N-dealkylation sites (tertiary alicyclic amines) is 1. The van der Waals surface area contributed by atoms with Crippen molar-refractivity contribution in [1.29, 1.82) is 0 Å². The molecule has 1 fully saturated rings. The second-order valence-electron chi connectivity index (χ2n) is 6.65. The van der Waals surface area contributed by atoms with Crippen LogP contribution in [0.1, 0.15) is 18.7 Å². The van der Waals surface area contributed by atoms with Crippen molar-refractivity contribution in [3.05, 3.63) is 48.3 Å². The quantitative estimate of drug-likeness (QED) is 0.595. The van der Waals surface area contributed by atoms with E-state index in [2.05, 4.69) is 39.4 Å². The molecule has 2 aromatic carbocycles. The molecule has 26 heavy (non-hydrogen) atoms. The molecule has 0 radical (unpaired) electrons. The van der Waals surface area contributed by atoms with E-state index in [0.717, 1.165) is 29.0 Å². The van der Waals surface area contributed by atoms with Gasteiger partial charge in [-0.1, -0.05) is 42.1 Å². The Hall–Kier alpha value is -2.05. The van der Waals surface area contributed by atoms with E-state index in [4.69, 9.17) is 4.74 Å². The van der Waals surface area contributed by atoms with Gasteiger partial charge in [0.25, 0.3) is 0 Å². The molecule has 2 heterocycles. The fourth-order valence-corrected chi connectivity index (χ4v) is 4.20. The molecule has 0 amide bonds. The molecule has 0 N–H and O–H groups in total. The molecule has 6 heteroatoms. The maximum atomic E-state index is 5.94. The van der Waals surface area contributed by atoms with Gasteiger partial charge in [-0.2, -0.15) is 0 Å². The third-order valence-corrected chi connectivity index (χ3v) is 5.85. The van der Waals surface area contributed by atoms with Gasteiger partial charge < -0.3 is 14.2 Å². The molecule has 3 aromatic rings. The Balaban J connectivity index is 1.33. The van der Waals surface area contributed by atoms with E-state index in [1.807, 2.05) is 29.8 Å². The van der Waals surface area contributed by atoms with Crippen LogP contribution in [0, 0.1) is 0 Å². The molecular weight excluding hydrogens is 344 g/mol. The first-order valence-corrected chi connectivity index (χ1v) is 10.1. The number of benzene rings is 2. The van der Waals surface area contributed by atoms with Crippen molar-refractivity contribution in [2.45, 2.75) is 24.6 Å². The van der Waals surface area contributed by atoms with Gasteiger partial charge in [-0.15, -0.1) is 10.2 Å². The van der Waals surface area contributed by atoms with E-state index >= 15 is 0 Å². The topological polar surface area (TPSA) is 43.2 Å². The predicted octanol–water partition coefficient (Wildman–Crippen LogP) is 3.74. The lowest BCUT2D eigenvalue weighted by Crippen LogP contribution is -2.22. The maximum absolute atomic E-state index is 5.94. The maximum Gasteiger partial charge on any atom is 0.191 e. The lowest BCUT2D eigenvalue weighted by atomic mass is 10.1. The van der Waals surface area contributed by atoms with Crippen LogP contribution in [-0.2, 0) is 13.7 Å². The van der Waals surface area contributed by atoms with Crippen LogP contribution in [0.2, 0.25) is 0 Å². The third kappa shape index (κ3) is 4.02. The van der Waals surface area contributed by atoms with Crippen LogP contribution in [0.15, 0.2) is 47.6 Å². The fourth-order valence-electron chi connectivity index (χ4n) is 3.27. The standard InChI is InChI=1S/C20H24N4OS/c1-23-19(21-22-20(23)26-13-12-24-10-4-5-11-24)15-25-18-9-8-16-6-2-3-7-17(16)14-18/h2-3,6-9,14H,4-5,10-13,15H2,1H3. The Morgan fingerprint density at radius 3 is 2.69 bits per heavy atom. The molecule has 1 aliphatic heterocycles. The second kappa shape index (κ2) is 8.10. The average Bonchev–Trinajstić information content (AvgIpc) is 3.31. The van der Waals surface area contributed by atoms with Gasteiger partial charge in [0, 0.05) is 19.3 Å². The van der Waals surface area contributed by atoms with Gasteiger partial charge in [0.2, 0.25) is 0 Å². The highest BCUT2D eigenvalue weighted by Crippen LogP contribution is 2.22. The highest BCUT2D eigenvalue weighted by Gasteiger charge is 2.13. The molecule has 0 atom stereocenters. The fraction of sp³-hybridized carbons (Fsp3) is 0.400. The monoisotopic (exact) mass is 368 g/mol. The van der Waals surface area contributed by atoms with Crippen molar-refractivity contribution in [1.82, 2.24) is 19.7 Å². The third-order valence-electron chi connectivity index (χ3n) is 4.85. The zero-order chi connectivity index (χ0) is 17.8. The number of aromatic nitrogens is 3. The Kier molecular flexibility index (Phi) is 5.41. The molecule has 4 rings (SSSR count). The van der Waals surface area contributed by atoms with Crippen molar-refractivity contribution < 1.29 is 4.74 Å². The highest BCUT2D eigenvalue weighted by atomic mass is 32.2. The summed E-state index contributed by atoms with van der Waals surface area (Å²) in [7, 11) is 2.01. The number of rotatable bonds is 7. The van der Waals surface area contributed by atoms with Crippen LogP contribution < -0.4 is 4.74 Å². The Labute approximate surface area is 158 Å². The minimum Gasteiger partial charge on any atom is -0.486 e. The smallest absolute Gasteiger partial charge is 0.191 e. The molecule has 0 spiro atoms. The summed E-state index contributed by atoms with van der Waals surface area (Å²) in [5.41, 5.74) is 0. The van der Waals surface area contributed by atoms with Crippen LogP contribution in [-0.4, -0.2) is 45.1 Å². The number of thioether (sulfide) groups is 1. The molecule has 0 bridgehead atoms. The van der Waals surface area contributed by atoms with Gasteiger partial charge in [0.1, 0.15) is 12.4 Å². The first-order valence-electron chi connectivity index (χ1n) is 9.14. The summed E-state index contributed by atoms with van der Waals surface area (Å²) in [5, 5.41) is 12.0. The zero-order valence-electron chi connectivity index (χ0n) is 15.1. The summed E-state index contributed by atoms with van der Waals surface area (Å²) in [6, 6.07) is 14.4. The summed E-state index contributed by atoms with van der Waals surface area (Å²) in [4.78, 5) is 2.52. The average molecular weight is 369 g/mol. The van der Waals surface area contributed by atoms with Crippen LogP contribution in [0.3, 0.4) is 0 Å². The molecule has 1 aromatic heterocycles. The van der Waals surface area contributed by atoms with Crippen molar-refractivity contribution in [2.75, 3.05) is 25.4 Å². The number of hydrogen-bond acceptors (Lipinski definition) is 5. The molecule has 5 nitrogen and oxygen atoms in total. The summed E-state index contributed by atoms with van der Waals surface area (Å²) < 4.78 is 7.98. The Morgan fingerprint density at radius 1 is 1.04 bits per heavy atom. The number of nitrogens with zero attached hydrogens (tertiary/aromatic N) is 4. The summed E-state index contributed by atoms with van der Waals surface area (Å²) >= 11 is 1.77. The predicted molar refractivity (Wildman–Crippen MR) is 106 cm³/mol. The van der Waals surface area contributed by atoms with E-state index in [9.17, 15) is 0 Å². The van der Waals surface area contributed by atoms with E-state index in [-0.39, 0.29) is 0 Å². The number of fused-ring (bicyclic) bond motifs is 1. The van der Waals surface area contributed by atoms with Gasteiger partial charge in [0.05, 0.1) is 0 Å². The van der Waals surface area contributed by atoms with Crippen molar-refractivity contribution in [3.63, 3.8) is 0 Å². The molecule has 0 saturated carbocycles.